The third-order valence-corrected chi connectivity index (χ3v) is 7.72. The van der Waals surface area contributed by atoms with Crippen LogP contribution in [0.15, 0.2) is 53.9 Å². The molecule has 2 aromatic carbocycles. The van der Waals surface area contributed by atoms with E-state index in [1.165, 1.54) is 4.88 Å². The Labute approximate surface area is 221 Å². The normalized spacial score (nSPS) is 16.0. The van der Waals surface area contributed by atoms with Crippen molar-refractivity contribution in [3.05, 3.63) is 75.5 Å². The third kappa shape index (κ3) is 5.44. The molecule has 0 saturated heterocycles. The van der Waals surface area contributed by atoms with Crippen LogP contribution in [0.1, 0.15) is 46.3 Å². The number of amides is 2. The van der Waals surface area contributed by atoms with Crippen LogP contribution in [0.5, 0.6) is 17.2 Å². The first-order chi connectivity index (χ1) is 17.9. The van der Waals surface area contributed by atoms with E-state index in [2.05, 4.69) is 11.4 Å². The van der Waals surface area contributed by atoms with Crippen molar-refractivity contribution < 1.29 is 23.8 Å². The number of thiophene rings is 1. The van der Waals surface area contributed by atoms with E-state index in [1.54, 1.807) is 34.4 Å². The van der Waals surface area contributed by atoms with Gasteiger partial charge in [0, 0.05) is 23.5 Å². The summed E-state index contributed by atoms with van der Waals surface area (Å²) in [6, 6.07) is 15.0. The monoisotopic (exact) mass is 520 g/mol. The zero-order chi connectivity index (χ0) is 25.9. The van der Waals surface area contributed by atoms with Crippen molar-refractivity contribution in [2.75, 3.05) is 33.0 Å². The second-order valence-electron chi connectivity index (χ2n) is 9.88. The quantitative estimate of drug-likeness (QED) is 0.414. The van der Waals surface area contributed by atoms with E-state index in [1.807, 2.05) is 49.9 Å². The van der Waals surface area contributed by atoms with Gasteiger partial charge in [-0.3, -0.25) is 9.59 Å². The second-order valence-corrected chi connectivity index (χ2v) is 10.9. The van der Waals surface area contributed by atoms with E-state index >= 15 is 0 Å². The van der Waals surface area contributed by atoms with E-state index < -0.39 is 0 Å². The fourth-order valence-corrected chi connectivity index (χ4v) is 5.82. The molecule has 2 amide bonds. The summed E-state index contributed by atoms with van der Waals surface area (Å²) in [4.78, 5) is 32.1. The highest BCUT2D eigenvalue weighted by atomic mass is 32.1. The lowest BCUT2D eigenvalue weighted by molar-refractivity contribution is -0.135. The lowest BCUT2D eigenvalue weighted by atomic mass is 10.00. The molecule has 0 aliphatic carbocycles. The minimum atomic E-state index is -0.205. The Bertz CT molecular complexity index is 1290. The van der Waals surface area contributed by atoms with Gasteiger partial charge < -0.3 is 24.0 Å². The smallest absolute Gasteiger partial charge is 0.254 e. The molecular formula is C29H32N2O5S. The Hall–Kier alpha value is -3.52. The molecule has 3 aromatic rings. The molecule has 0 bridgehead atoms. The lowest BCUT2D eigenvalue weighted by Gasteiger charge is -2.37. The van der Waals surface area contributed by atoms with Crippen LogP contribution in [0.3, 0.4) is 0 Å². The van der Waals surface area contributed by atoms with Crippen LogP contribution in [-0.2, 0) is 11.2 Å². The molecule has 7 nitrogen and oxygen atoms in total. The molecule has 0 fully saturated rings. The van der Waals surface area contributed by atoms with E-state index in [0.29, 0.717) is 36.8 Å². The maximum atomic E-state index is 13.8. The predicted octanol–water partition coefficient (Wildman–Crippen LogP) is 5.09. The molecule has 1 unspecified atom stereocenters. The first-order valence-corrected chi connectivity index (χ1v) is 13.5. The summed E-state index contributed by atoms with van der Waals surface area (Å²) in [6.45, 7) is 7.69. The minimum Gasteiger partial charge on any atom is -0.491 e. The average Bonchev–Trinajstić information content (AvgIpc) is 3.56. The average molecular weight is 521 g/mol. The maximum Gasteiger partial charge on any atom is 0.254 e. The van der Waals surface area contributed by atoms with Gasteiger partial charge in [-0.25, -0.2) is 0 Å². The predicted molar refractivity (Wildman–Crippen MR) is 142 cm³/mol. The summed E-state index contributed by atoms with van der Waals surface area (Å²) in [6.07, 6.45) is 0.805. The van der Waals surface area contributed by atoms with Gasteiger partial charge in [-0.15, -0.1) is 11.3 Å². The molecular weight excluding hydrogens is 488 g/mol. The van der Waals surface area contributed by atoms with Gasteiger partial charge in [0.2, 0.25) is 12.7 Å². The number of para-hydroxylation sites is 1. The minimum absolute atomic E-state index is 0.00574. The van der Waals surface area contributed by atoms with Gasteiger partial charge >= 0.3 is 0 Å². The molecule has 0 radical (unpaired) electrons. The fourth-order valence-electron chi connectivity index (χ4n) is 4.89. The van der Waals surface area contributed by atoms with Gasteiger partial charge in [-0.05, 0) is 66.1 Å². The summed E-state index contributed by atoms with van der Waals surface area (Å²) in [5.41, 5.74) is 2.67. The van der Waals surface area contributed by atoms with Gasteiger partial charge in [0.15, 0.2) is 11.5 Å². The number of ether oxygens (including phenoxy) is 3. The van der Waals surface area contributed by atoms with Crippen molar-refractivity contribution in [2.24, 2.45) is 5.92 Å². The van der Waals surface area contributed by atoms with Gasteiger partial charge in [0.25, 0.3) is 5.91 Å². The number of nitrogens with zero attached hydrogens (tertiary/aromatic N) is 2. The SMILES string of the molecule is Cc1ccccc1OCC1c2ccsc2CCN1C(=O)CN(CC(C)C)C(=O)c1ccc2c(c1)OCO2. The van der Waals surface area contributed by atoms with Crippen LogP contribution >= 0.6 is 11.3 Å². The van der Waals surface area contributed by atoms with Gasteiger partial charge in [0.05, 0.1) is 6.04 Å². The van der Waals surface area contributed by atoms with E-state index in [4.69, 9.17) is 14.2 Å². The van der Waals surface area contributed by atoms with Crippen molar-refractivity contribution in [1.82, 2.24) is 9.80 Å². The summed E-state index contributed by atoms with van der Waals surface area (Å²) in [5.74, 6) is 1.93. The molecule has 0 spiro atoms. The fraction of sp³-hybridized carbons (Fsp3) is 0.379. The van der Waals surface area contributed by atoms with Crippen LogP contribution in [0, 0.1) is 12.8 Å². The van der Waals surface area contributed by atoms with E-state index in [0.717, 1.165) is 23.3 Å². The number of benzene rings is 2. The van der Waals surface area contributed by atoms with E-state index in [9.17, 15) is 9.59 Å². The first-order valence-electron chi connectivity index (χ1n) is 12.6. The highest BCUT2D eigenvalue weighted by molar-refractivity contribution is 7.10. The molecule has 2 aliphatic heterocycles. The van der Waals surface area contributed by atoms with Gasteiger partial charge in [-0.2, -0.15) is 0 Å². The molecule has 0 saturated carbocycles. The zero-order valence-electron chi connectivity index (χ0n) is 21.4. The molecule has 194 valence electrons. The third-order valence-electron chi connectivity index (χ3n) is 6.72. The van der Waals surface area contributed by atoms with Crippen molar-refractivity contribution in [3.8, 4) is 17.2 Å². The Morgan fingerprint density at radius 1 is 1.14 bits per heavy atom. The van der Waals surface area contributed by atoms with Crippen LogP contribution in [0.4, 0.5) is 0 Å². The number of hydrogen-bond acceptors (Lipinski definition) is 6. The second kappa shape index (κ2) is 10.8. The summed E-state index contributed by atoms with van der Waals surface area (Å²) >= 11 is 1.72. The molecule has 3 heterocycles. The number of hydrogen-bond donors (Lipinski definition) is 0. The molecule has 5 rings (SSSR count). The summed E-state index contributed by atoms with van der Waals surface area (Å²) < 4.78 is 17.1. The summed E-state index contributed by atoms with van der Waals surface area (Å²) in [5, 5.41) is 2.08. The molecule has 37 heavy (non-hydrogen) atoms. The highest BCUT2D eigenvalue weighted by Gasteiger charge is 2.34. The molecule has 8 heteroatoms. The highest BCUT2D eigenvalue weighted by Crippen LogP contribution is 2.35. The first kappa shape index (κ1) is 25.1. The van der Waals surface area contributed by atoms with Crippen LogP contribution < -0.4 is 14.2 Å². The molecule has 0 N–H and O–H groups in total. The van der Waals surface area contributed by atoms with Crippen molar-refractivity contribution in [2.45, 2.75) is 33.2 Å². The van der Waals surface area contributed by atoms with Crippen LogP contribution in [-0.4, -0.2) is 54.6 Å². The molecule has 1 atom stereocenters. The summed E-state index contributed by atoms with van der Waals surface area (Å²) in [7, 11) is 0. The Kier molecular flexibility index (Phi) is 7.37. The van der Waals surface area contributed by atoms with E-state index in [-0.39, 0.29) is 37.1 Å². The standard InChI is InChI=1S/C29H32N2O5S/c1-19(2)15-30(29(33)21-8-9-25-26(14-21)36-18-35-25)16-28(32)31-12-10-27-22(11-13-37-27)23(31)17-34-24-7-5-4-6-20(24)3/h4-9,11,13-14,19,23H,10,12,15-18H2,1-3H3. The number of fused-ring (bicyclic) bond motifs is 2. The Morgan fingerprint density at radius 2 is 1.95 bits per heavy atom. The molecule has 1 aromatic heterocycles. The van der Waals surface area contributed by atoms with Crippen molar-refractivity contribution in [3.63, 3.8) is 0 Å². The topological polar surface area (TPSA) is 68.3 Å². The maximum absolute atomic E-state index is 13.8. The Morgan fingerprint density at radius 3 is 2.76 bits per heavy atom. The largest absolute Gasteiger partial charge is 0.491 e. The van der Waals surface area contributed by atoms with Gasteiger partial charge in [-0.1, -0.05) is 32.0 Å². The number of aryl methyl sites for hydroxylation is 1. The zero-order valence-corrected chi connectivity index (χ0v) is 22.3. The van der Waals surface area contributed by atoms with Crippen molar-refractivity contribution in [1.29, 1.82) is 0 Å². The lowest BCUT2D eigenvalue weighted by Crippen LogP contribution is -2.48. The van der Waals surface area contributed by atoms with Crippen molar-refractivity contribution >= 4 is 23.2 Å². The van der Waals surface area contributed by atoms with Crippen LogP contribution in [0.2, 0.25) is 0 Å². The number of rotatable bonds is 8. The number of carbonyl (C=O) groups excluding carboxylic acids is 2. The number of carbonyl (C=O) groups is 2. The Balaban J connectivity index is 1.35. The van der Waals surface area contributed by atoms with Crippen LogP contribution in [0.25, 0.3) is 0 Å². The molecule has 2 aliphatic rings. The van der Waals surface area contributed by atoms with Gasteiger partial charge in [0.1, 0.15) is 18.9 Å².